The molecule has 1 atom stereocenters. The number of pyridine rings is 1. The van der Waals surface area contributed by atoms with Crippen molar-refractivity contribution in [2.45, 2.75) is 52.5 Å². The van der Waals surface area contributed by atoms with Gasteiger partial charge in [0, 0.05) is 15.9 Å². The van der Waals surface area contributed by atoms with Gasteiger partial charge < -0.3 is 5.32 Å². The fourth-order valence-corrected chi connectivity index (χ4v) is 3.57. The highest BCUT2D eigenvalue weighted by molar-refractivity contribution is 9.11. The van der Waals surface area contributed by atoms with Crippen LogP contribution in [0.1, 0.15) is 51.3 Å². The highest BCUT2D eigenvalue weighted by Crippen LogP contribution is 2.25. The number of hydrogen-bond acceptors (Lipinski definition) is 2. The highest BCUT2D eigenvalue weighted by Gasteiger charge is 2.16. The predicted molar refractivity (Wildman–Crippen MR) is 123 cm³/mol. The van der Waals surface area contributed by atoms with E-state index >= 15 is 0 Å². The van der Waals surface area contributed by atoms with Gasteiger partial charge in [-0.05, 0) is 62.1 Å². The van der Waals surface area contributed by atoms with Gasteiger partial charge in [-0.15, -0.1) is 0 Å². The van der Waals surface area contributed by atoms with Crippen LogP contribution in [0.15, 0.2) is 59.6 Å². The third-order valence-corrected chi connectivity index (χ3v) is 5.00. The second kappa shape index (κ2) is 11.2. The number of piperidine rings is 1. The summed E-state index contributed by atoms with van der Waals surface area (Å²) in [6.45, 7) is 11.1. The standard InChI is InChI=1S/C22H25BrN2.C2H6/c1-3-17(12-11-16(2)23)22-15-18(14-19-8-6-7-13-24-19)20-9-4-5-10-21(20)25-22;1-2/h3-5,9-12,15,19,24H,2,6-8,13-14H2,1H3;1-2H3/b12-11-,17-3+;. The van der Waals surface area contributed by atoms with E-state index in [2.05, 4.69) is 77.2 Å². The lowest BCUT2D eigenvalue weighted by Crippen LogP contribution is -2.35. The van der Waals surface area contributed by atoms with Gasteiger partial charge in [-0.3, -0.25) is 0 Å². The topological polar surface area (TPSA) is 24.9 Å². The fourth-order valence-electron chi connectivity index (χ4n) is 3.44. The van der Waals surface area contributed by atoms with Crippen molar-refractivity contribution in [3.8, 4) is 0 Å². The average molecular weight is 427 g/mol. The van der Waals surface area contributed by atoms with Crippen molar-refractivity contribution in [1.82, 2.24) is 10.3 Å². The molecule has 0 bridgehead atoms. The molecular formula is C24H31BrN2. The van der Waals surface area contributed by atoms with E-state index in [4.69, 9.17) is 4.98 Å². The SMILES string of the molecule is C=C(Br)/C=C\C(=C/C)c1cc(CC2CCCCN2)c2ccccc2n1.CC. The lowest BCUT2D eigenvalue weighted by Gasteiger charge is -2.24. The van der Waals surface area contributed by atoms with E-state index in [1.165, 1.54) is 30.2 Å². The third kappa shape index (κ3) is 6.15. The maximum Gasteiger partial charge on any atom is 0.0712 e. The van der Waals surface area contributed by atoms with E-state index in [0.717, 1.165) is 34.2 Å². The van der Waals surface area contributed by atoms with Gasteiger partial charge >= 0.3 is 0 Å². The van der Waals surface area contributed by atoms with Crippen LogP contribution in [0.25, 0.3) is 16.5 Å². The number of aromatic nitrogens is 1. The van der Waals surface area contributed by atoms with Crippen molar-refractivity contribution in [3.05, 3.63) is 70.9 Å². The van der Waals surface area contributed by atoms with E-state index < -0.39 is 0 Å². The van der Waals surface area contributed by atoms with Gasteiger partial charge in [0.1, 0.15) is 0 Å². The first-order valence-corrected chi connectivity index (χ1v) is 10.8. The molecule has 0 amide bonds. The van der Waals surface area contributed by atoms with Crippen LogP contribution in [-0.2, 0) is 6.42 Å². The van der Waals surface area contributed by atoms with Crippen LogP contribution < -0.4 is 5.32 Å². The highest BCUT2D eigenvalue weighted by atomic mass is 79.9. The maximum atomic E-state index is 4.89. The van der Waals surface area contributed by atoms with Crippen molar-refractivity contribution in [1.29, 1.82) is 0 Å². The molecule has 144 valence electrons. The quantitative estimate of drug-likeness (QED) is 0.530. The number of fused-ring (bicyclic) bond motifs is 1. The van der Waals surface area contributed by atoms with E-state index in [9.17, 15) is 0 Å². The summed E-state index contributed by atoms with van der Waals surface area (Å²) in [4.78, 5) is 4.89. The van der Waals surface area contributed by atoms with Crippen LogP contribution in [0.4, 0.5) is 0 Å². The summed E-state index contributed by atoms with van der Waals surface area (Å²) in [5.41, 5.74) is 4.59. The summed E-state index contributed by atoms with van der Waals surface area (Å²) in [5.74, 6) is 0. The smallest absolute Gasteiger partial charge is 0.0712 e. The van der Waals surface area contributed by atoms with Crippen LogP contribution >= 0.6 is 15.9 Å². The van der Waals surface area contributed by atoms with Crippen molar-refractivity contribution in [2.75, 3.05) is 6.54 Å². The fraction of sp³-hybridized carbons (Fsp3) is 0.375. The van der Waals surface area contributed by atoms with Gasteiger partial charge in [-0.25, -0.2) is 4.98 Å². The minimum absolute atomic E-state index is 0.569. The molecular weight excluding hydrogens is 396 g/mol. The Hall–Kier alpha value is -1.71. The first-order chi connectivity index (χ1) is 13.2. The molecule has 3 heteroatoms. The van der Waals surface area contributed by atoms with E-state index in [1.54, 1.807) is 0 Å². The zero-order valence-electron chi connectivity index (χ0n) is 16.8. The average Bonchev–Trinajstić information content (AvgIpc) is 2.70. The number of halogens is 1. The number of benzene rings is 1. The Morgan fingerprint density at radius 3 is 2.70 bits per heavy atom. The summed E-state index contributed by atoms with van der Waals surface area (Å²) in [6, 6.07) is 11.3. The summed E-state index contributed by atoms with van der Waals surface area (Å²) < 4.78 is 0.860. The second-order valence-electron chi connectivity index (χ2n) is 6.56. The molecule has 1 fully saturated rings. The number of nitrogens with one attached hydrogen (secondary N) is 1. The minimum Gasteiger partial charge on any atom is -0.314 e. The van der Waals surface area contributed by atoms with Crippen LogP contribution in [-0.4, -0.2) is 17.6 Å². The van der Waals surface area contributed by atoms with Crippen molar-refractivity contribution in [3.63, 3.8) is 0 Å². The summed E-state index contributed by atoms with van der Waals surface area (Å²) in [5, 5.41) is 4.93. The molecule has 1 saturated heterocycles. The monoisotopic (exact) mass is 426 g/mol. The molecule has 1 N–H and O–H groups in total. The molecule has 3 rings (SSSR count). The first kappa shape index (κ1) is 21.6. The van der Waals surface area contributed by atoms with Gasteiger partial charge in [0.15, 0.2) is 0 Å². The van der Waals surface area contributed by atoms with E-state index in [-0.39, 0.29) is 0 Å². The Labute approximate surface area is 172 Å². The van der Waals surface area contributed by atoms with Gasteiger partial charge in [-0.1, -0.05) is 73.1 Å². The summed E-state index contributed by atoms with van der Waals surface area (Å²) in [6.07, 6.45) is 11.1. The molecule has 0 aliphatic carbocycles. The minimum atomic E-state index is 0.569. The number of rotatable bonds is 5. The molecule has 1 aliphatic rings. The van der Waals surface area contributed by atoms with Gasteiger partial charge in [0.25, 0.3) is 0 Å². The lowest BCUT2D eigenvalue weighted by molar-refractivity contribution is 0.400. The Balaban J connectivity index is 0.00000126. The van der Waals surface area contributed by atoms with Crippen molar-refractivity contribution >= 4 is 32.4 Å². The Bertz CT molecular complexity index is 814. The Kier molecular flexibility index (Phi) is 8.96. The summed E-state index contributed by atoms with van der Waals surface area (Å²) >= 11 is 3.39. The molecule has 2 heterocycles. The van der Waals surface area contributed by atoms with Gasteiger partial charge in [0.2, 0.25) is 0 Å². The predicted octanol–water partition coefficient (Wildman–Crippen LogP) is 6.81. The molecule has 1 unspecified atom stereocenters. The number of para-hydroxylation sites is 1. The maximum absolute atomic E-state index is 4.89. The molecule has 0 radical (unpaired) electrons. The van der Waals surface area contributed by atoms with Crippen LogP contribution in [0.3, 0.4) is 0 Å². The zero-order valence-corrected chi connectivity index (χ0v) is 18.3. The normalized spacial score (nSPS) is 17.6. The first-order valence-electron chi connectivity index (χ1n) is 9.98. The molecule has 1 aromatic heterocycles. The molecule has 0 saturated carbocycles. The van der Waals surface area contributed by atoms with E-state index in [1.807, 2.05) is 19.9 Å². The van der Waals surface area contributed by atoms with E-state index in [0.29, 0.717) is 6.04 Å². The number of hydrogen-bond donors (Lipinski definition) is 1. The van der Waals surface area contributed by atoms with Crippen LogP contribution in [0.2, 0.25) is 0 Å². The third-order valence-electron chi connectivity index (χ3n) is 4.73. The van der Waals surface area contributed by atoms with Crippen LogP contribution in [0, 0.1) is 0 Å². The Morgan fingerprint density at radius 2 is 2.04 bits per heavy atom. The number of nitrogens with zero attached hydrogens (tertiary/aromatic N) is 1. The largest absolute Gasteiger partial charge is 0.314 e. The Morgan fingerprint density at radius 1 is 1.26 bits per heavy atom. The zero-order chi connectivity index (χ0) is 19.6. The molecule has 1 aromatic carbocycles. The van der Waals surface area contributed by atoms with Crippen molar-refractivity contribution < 1.29 is 0 Å². The molecule has 0 spiro atoms. The molecule has 2 aromatic rings. The van der Waals surface area contributed by atoms with Crippen LogP contribution in [0.5, 0.6) is 0 Å². The van der Waals surface area contributed by atoms with Gasteiger partial charge in [-0.2, -0.15) is 0 Å². The number of allylic oxidation sites excluding steroid dienone is 5. The van der Waals surface area contributed by atoms with Crippen molar-refractivity contribution in [2.24, 2.45) is 0 Å². The lowest BCUT2D eigenvalue weighted by atomic mass is 9.94. The van der Waals surface area contributed by atoms with Gasteiger partial charge in [0.05, 0.1) is 11.2 Å². The summed E-state index contributed by atoms with van der Waals surface area (Å²) in [7, 11) is 0. The molecule has 1 aliphatic heterocycles. The second-order valence-corrected chi connectivity index (χ2v) is 7.58. The molecule has 2 nitrogen and oxygen atoms in total. The molecule has 27 heavy (non-hydrogen) atoms.